The van der Waals surface area contributed by atoms with Crippen LogP contribution in [0.1, 0.15) is 11.1 Å². The predicted octanol–water partition coefficient (Wildman–Crippen LogP) is 2.43. The van der Waals surface area contributed by atoms with E-state index in [1.54, 1.807) is 0 Å². The molecular weight excluding hydrogens is 142 g/mol. The van der Waals surface area contributed by atoms with E-state index in [1.165, 1.54) is 16.1 Å². The van der Waals surface area contributed by atoms with Crippen molar-refractivity contribution < 1.29 is 0 Å². The van der Waals surface area contributed by atoms with Crippen LogP contribution in [-0.2, 0) is 0 Å². The first-order valence-corrected chi connectivity index (χ1v) is 4.23. The summed E-state index contributed by atoms with van der Waals surface area (Å²) in [6.45, 7) is 4.32. The van der Waals surface area contributed by atoms with Gasteiger partial charge in [0.1, 0.15) is 0 Å². The zero-order valence-corrected chi connectivity index (χ0v) is 7.75. The van der Waals surface area contributed by atoms with Crippen LogP contribution in [0.3, 0.4) is 0 Å². The van der Waals surface area contributed by atoms with Gasteiger partial charge < -0.3 is 4.90 Å². The Bertz CT molecular complexity index is 225. The summed E-state index contributed by atoms with van der Waals surface area (Å²) in [7, 11) is 4.16. The van der Waals surface area contributed by atoms with Gasteiger partial charge in [-0.1, -0.05) is 0 Å². The summed E-state index contributed by atoms with van der Waals surface area (Å²) in [5, 5.41) is 3.57. The average Bonchev–Trinajstić information content (AvgIpc) is 2.14. The lowest BCUT2D eigenvalue weighted by Crippen LogP contribution is -2.07. The second kappa shape index (κ2) is 2.62. The minimum atomic E-state index is 1.37. The van der Waals surface area contributed by atoms with Crippen LogP contribution in [0.2, 0.25) is 0 Å². The molecule has 0 atom stereocenters. The Kier molecular flexibility index (Phi) is 2.00. The summed E-state index contributed by atoms with van der Waals surface area (Å²) < 4.78 is 0. The lowest BCUT2D eigenvalue weighted by molar-refractivity contribution is 1.14. The standard InChI is InChI=1S/C8H13NS/c1-6-5-10-8(7(6)2)9(3)4/h5H,1-4H3. The van der Waals surface area contributed by atoms with Gasteiger partial charge in [0.25, 0.3) is 0 Å². The first kappa shape index (κ1) is 7.61. The minimum absolute atomic E-state index is 1.37. The minimum Gasteiger partial charge on any atom is -0.369 e. The molecule has 0 fully saturated rings. The maximum Gasteiger partial charge on any atom is 0.0935 e. The van der Waals surface area contributed by atoms with Crippen molar-refractivity contribution >= 4 is 16.3 Å². The van der Waals surface area contributed by atoms with E-state index < -0.39 is 0 Å². The Morgan fingerprint density at radius 3 is 2.10 bits per heavy atom. The van der Waals surface area contributed by atoms with Crippen molar-refractivity contribution in [3.05, 3.63) is 16.5 Å². The molecule has 0 aliphatic rings. The smallest absolute Gasteiger partial charge is 0.0935 e. The van der Waals surface area contributed by atoms with Crippen LogP contribution < -0.4 is 4.90 Å². The Labute approximate surface area is 66.3 Å². The van der Waals surface area contributed by atoms with Gasteiger partial charge in [-0.15, -0.1) is 11.3 Å². The van der Waals surface area contributed by atoms with Crippen molar-refractivity contribution in [3.8, 4) is 0 Å². The number of aryl methyl sites for hydroxylation is 1. The van der Waals surface area contributed by atoms with Crippen LogP contribution in [0.15, 0.2) is 5.38 Å². The molecular formula is C8H13NS. The first-order valence-electron chi connectivity index (χ1n) is 3.35. The van der Waals surface area contributed by atoms with Crippen LogP contribution in [0.5, 0.6) is 0 Å². The molecule has 0 spiro atoms. The second-order valence-electron chi connectivity index (χ2n) is 2.74. The highest BCUT2D eigenvalue weighted by atomic mass is 32.1. The Balaban J connectivity index is 3.05. The Morgan fingerprint density at radius 2 is 1.90 bits per heavy atom. The summed E-state index contributed by atoms with van der Waals surface area (Å²) in [4.78, 5) is 2.16. The van der Waals surface area contributed by atoms with Gasteiger partial charge in [-0.2, -0.15) is 0 Å². The quantitative estimate of drug-likeness (QED) is 0.602. The van der Waals surface area contributed by atoms with Crippen LogP contribution >= 0.6 is 11.3 Å². The number of hydrogen-bond donors (Lipinski definition) is 0. The number of nitrogens with zero attached hydrogens (tertiary/aromatic N) is 1. The van der Waals surface area contributed by atoms with Crippen molar-refractivity contribution in [1.29, 1.82) is 0 Å². The average molecular weight is 155 g/mol. The molecule has 0 saturated carbocycles. The van der Waals surface area contributed by atoms with Crippen LogP contribution in [0.4, 0.5) is 5.00 Å². The van der Waals surface area contributed by atoms with Gasteiger partial charge in [0.05, 0.1) is 5.00 Å². The van der Waals surface area contributed by atoms with Crippen molar-refractivity contribution in [1.82, 2.24) is 0 Å². The summed E-state index contributed by atoms with van der Waals surface area (Å²) in [6.07, 6.45) is 0. The third-order valence-electron chi connectivity index (χ3n) is 1.67. The molecule has 0 radical (unpaired) electrons. The van der Waals surface area contributed by atoms with Crippen molar-refractivity contribution in [2.24, 2.45) is 0 Å². The molecule has 1 rings (SSSR count). The highest BCUT2D eigenvalue weighted by Gasteiger charge is 2.03. The fourth-order valence-electron chi connectivity index (χ4n) is 0.930. The van der Waals surface area contributed by atoms with Gasteiger partial charge in [-0.3, -0.25) is 0 Å². The lowest BCUT2D eigenvalue weighted by atomic mass is 10.2. The molecule has 0 N–H and O–H groups in total. The molecule has 10 heavy (non-hydrogen) atoms. The molecule has 0 aliphatic carbocycles. The summed E-state index contributed by atoms with van der Waals surface area (Å²) in [5.41, 5.74) is 2.81. The van der Waals surface area contributed by atoms with E-state index in [0.29, 0.717) is 0 Å². The number of hydrogen-bond acceptors (Lipinski definition) is 2. The fraction of sp³-hybridized carbons (Fsp3) is 0.500. The summed E-state index contributed by atoms with van der Waals surface area (Å²) >= 11 is 1.81. The van der Waals surface area contributed by atoms with Gasteiger partial charge in [0.2, 0.25) is 0 Å². The van der Waals surface area contributed by atoms with Crippen LogP contribution in [-0.4, -0.2) is 14.1 Å². The molecule has 0 bridgehead atoms. The molecule has 56 valence electrons. The van der Waals surface area contributed by atoms with E-state index in [-0.39, 0.29) is 0 Å². The number of anilines is 1. The van der Waals surface area contributed by atoms with Gasteiger partial charge in [0, 0.05) is 14.1 Å². The summed E-state index contributed by atoms with van der Waals surface area (Å²) in [6, 6.07) is 0. The van der Waals surface area contributed by atoms with E-state index in [9.17, 15) is 0 Å². The second-order valence-corrected chi connectivity index (χ2v) is 3.60. The monoisotopic (exact) mass is 155 g/mol. The topological polar surface area (TPSA) is 3.24 Å². The number of thiophene rings is 1. The first-order chi connectivity index (χ1) is 4.63. The molecule has 0 unspecified atom stereocenters. The van der Waals surface area contributed by atoms with Gasteiger partial charge in [-0.25, -0.2) is 0 Å². The van der Waals surface area contributed by atoms with Crippen molar-refractivity contribution in [2.45, 2.75) is 13.8 Å². The van der Waals surface area contributed by atoms with Gasteiger partial charge >= 0.3 is 0 Å². The van der Waals surface area contributed by atoms with E-state index in [4.69, 9.17) is 0 Å². The third kappa shape index (κ3) is 1.16. The molecule has 0 aromatic carbocycles. The van der Waals surface area contributed by atoms with Crippen LogP contribution in [0, 0.1) is 13.8 Å². The van der Waals surface area contributed by atoms with E-state index in [2.05, 4.69) is 38.2 Å². The summed E-state index contributed by atoms with van der Waals surface area (Å²) in [5.74, 6) is 0. The third-order valence-corrected chi connectivity index (χ3v) is 3.03. The molecule has 1 aromatic rings. The Hall–Kier alpha value is -0.500. The molecule has 1 aromatic heterocycles. The molecule has 0 aliphatic heterocycles. The van der Waals surface area contributed by atoms with Crippen molar-refractivity contribution in [2.75, 3.05) is 19.0 Å². The van der Waals surface area contributed by atoms with E-state index >= 15 is 0 Å². The highest BCUT2D eigenvalue weighted by molar-refractivity contribution is 7.14. The highest BCUT2D eigenvalue weighted by Crippen LogP contribution is 2.28. The van der Waals surface area contributed by atoms with E-state index in [0.717, 1.165) is 0 Å². The normalized spacial score (nSPS) is 10.0. The van der Waals surface area contributed by atoms with Crippen molar-refractivity contribution in [3.63, 3.8) is 0 Å². The van der Waals surface area contributed by atoms with E-state index in [1.807, 2.05) is 11.3 Å². The maximum atomic E-state index is 2.20. The fourth-order valence-corrected chi connectivity index (χ4v) is 1.94. The zero-order chi connectivity index (χ0) is 7.72. The molecule has 1 heterocycles. The Morgan fingerprint density at radius 1 is 1.30 bits per heavy atom. The molecule has 0 amide bonds. The lowest BCUT2D eigenvalue weighted by Gasteiger charge is -2.10. The SMILES string of the molecule is Cc1csc(N(C)C)c1C. The zero-order valence-electron chi connectivity index (χ0n) is 6.93. The molecule has 0 saturated heterocycles. The largest absolute Gasteiger partial charge is 0.369 e. The maximum absolute atomic E-state index is 2.20. The van der Waals surface area contributed by atoms with Gasteiger partial charge in [0.15, 0.2) is 0 Å². The van der Waals surface area contributed by atoms with Gasteiger partial charge in [-0.05, 0) is 30.4 Å². The predicted molar refractivity (Wildman–Crippen MR) is 48.1 cm³/mol. The molecule has 1 nitrogen and oxygen atoms in total. The van der Waals surface area contributed by atoms with Crippen LogP contribution in [0.25, 0.3) is 0 Å². The molecule has 2 heteroatoms. The number of rotatable bonds is 1.